The van der Waals surface area contributed by atoms with Crippen LogP contribution >= 0.6 is 15.9 Å². The number of carbonyl (C=O) groups is 2. The molecule has 1 heterocycles. The van der Waals surface area contributed by atoms with E-state index in [-0.39, 0.29) is 11.3 Å². The number of esters is 1. The molecule has 1 aromatic carbocycles. The third kappa shape index (κ3) is 4.11. The predicted molar refractivity (Wildman–Crippen MR) is 81.8 cm³/mol. The molecule has 114 valence electrons. The van der Waals surface area contributed by atoms with Gasteiger partial charge in [0.15, 0.2) is 6.10 Å². The molecule has 1 atom stereocenters. The Morgan fingerprint density at radius 1 is 1.32 bits per heavy atom. The highest BCUT2D eigenvalue weighted by Gasteiger charge is 2.20. The summed E-state index contributed by atoms with van der Waals surface area (Å²) in [5.41, 5.74) is 0.236. The van der Waals surface area contributed by atoms with E-state index in [2.05, 4.69) is 26.2 Å². The Kier molecular flexibility index (Phi) is 5.21. The maximum atomic E-state index is 13.4. The van der Waals surface area contributed by atoms with Gasteiger partial charge in [-0.1, -0.05) is 12.1 Å². The van der Waals surface area contributed by atoms with Crippen molar-refractivity contribution in [1.29, 1.82) is 0 Å². The van der Waals surface area contributed by atoms with Crippen molar-refractivity contribution in [2.24, 2.45) is 0 Å². The molecule has 0 spiro atoms. The largest absolute Gasteiger partial charge is 0.449 e. The Morgan fingerprint density at radius 2 is 2.05 bits per heavy atom. The highest BCUT2D eigenvalue weighted by atomic mass is 79.9. The number of nitrogens with one attached hydrogen (secondary N) is 1. The quantitative estimate of drug-likeness (QED) is 0.843. The lowest BCUT2D eigenvalue weighted by Crippen LogP contribution is -2.30. The van der Waals surface area contributed by atoms with Crippen LogP contribution in [0.25, 0.3) is 0 Å². The van der Waals surface area contributed by atoms with Crippen molar-refractivity contribution in [3.63, 3.8) is 0 Å². The summed E-state index contributed by atoms with van der Waals surface area (Å²) in [6.45, 7) is 1.40. The summed E-state index contributed by atoms with van der Waals surface area (Å²) in [5.74, 6) is -1.88. The molecule has 0 radical (unpaired) electrons. The topological polar surface area (TPSA) is 68.3 Å². The number of pyridine rings is 1. The van der Waals surface area contributed by atoms with E-state index >= 15 is 0 Å². The van der Waals surface area contributed by atoms with Gasteiger partial charge in [-0.2, -0.15) is 0 Å². The molecule has 1 amide bonds. The molecular formula is C15H12BrFN2O3. The average molecular weight is 367 g/mol. The monoisotopic (exact) mass is 366 g/mol. The van der Waals surface area contributed by atoms with Crippen molar-refractivity contribution in [2.75, 3.05) is 5.32 Å². The van der Waals surface area contributed by atoms with Gasteiger partial charge >= 0.3 is 5.97 Å². The summed E-state index contributed by atoms with van der Waals surface area (Å²) < 4.78 is 19.1. The van der Waals surface area contributed by atoms with Gasteiger partial charge in [-0.15, -0.1) is 0 Å². The van der Waals surface area contributed by atoms with Crippen LogP contribution in [0.15, 0.2) is 47.2 Å². The highest BCUT2D eigenvalue weighted by Crippen LogP contribution is 2.14. The number of rotatable bonds is 4. The maximum Gasteiger partial charge on any atom is 0.340 e. The molecule has 0 aliphatic rings. The number of amides is 1. The van der Waals surface area contributed by atoms with Crippen molar-refractivity contribution in [3.8, 4) is 0 Å². The van der Waals surface area contributed by atoms with Gasteiger partial charge in [0, 0.05) is 16.9 Å². The van der Waals surface area contributed by atoms with Gasteiger partial charge in [0.05, 0.1) is 11.3 Å². The number of anilines is 1. The van der Waals surface area contributed by atoms with E-state index in [1.165, 1.54) is 43.6 Å². The van der Waals surface area contributed by atoms with Crippen LogP contribution < -0.4 is 5.32 Å². The number of halogens is 2. The van der Waals surface area contributed by atoms with Crippen molar-refractivity contribution in [3.05, 3.63) is 58.6 Å². The van der Waals surface area contributed by atoms with E-state index < -0.39 is 23.8 Å². The molecule has 1 N–H and O–H groups in total. The molecule has 0 aliphatic carbocycles. The molecule has 0 fully saturated rings. The number of nitrogens with zero attached hydrogens (tertiary/aromatic N) is 1. The van der Waals surface area contributed by atoms with Gasteiger partial charge in [-0.05, 0) is 41.1 Å². The van der Waals surface area contributed by atoms with E-state index in [0.717, 1.165) is 0 Å². The van der Waals surface area contributed by atoms with Crippen LogP contribution in [-0.2, 0) is 9.53 Å². The molecule has 0 bridgehead atoms. The van der Waals surface area contributed by atoms with Gasteiger partial charge in [0.25, 0.3) is 5.91 Å². The number of aromatic nitrogens is 1. The molecule has 2 aromatic rings. The fourth-order valence-electron chi connectivity index (χ4n) is 1.60. The molecule has 1 aromatic heterocycles. The third-order valence-electron chi connectivity index (χ3n) is 2.73. The Balaban J connectivity index is 1.99. The first-order valence-electron chi connectivity index (χ1n) is 6.34. The fourth-order valence-corrected chi connectivity index (χ4v) is 1.97. The van der Waals surface area contributed by atoms with Crippen LogP contribution in [0.3, 0.4) is 0 Å². The van der Waals surface area contributed by atoms with Gasteiger partial charge in [0.1, 0.15) is 5.82 Å². The van der Waals surface area contributed by atoms with Crippen LogP contribution in [0, 0.1) is 5.82 Å². The Bertz CT molecular complexity index is 709. The van der Waals surface area contributed by atoms with Crippen LogP contribution in [0.4, 0.5) is 10.1 Å². The number of benzene rings is 1. The van der Waals surface area contributed by atoms with Crippen molar-refractivity contribution in [2.45, 2.75) is 13.0 Å². The SMILES string of the molecule is C[C@H](OC(=O)c1cncc(Br)c1)C(=O)Nc1ccccc1F. The second-order valence-electron chi connectivity index (χ2n) is 4.41. The van der Waals surface area contributed by atoms with Crippen molar-refractivity contribution < 1.29 is 18.7 Å². The highest BCUT2D eigenvalue weighted by molar-refractivity contribution is 9.10. The number of carbonyl (C=O) groups excluding carboxylic acids is 2. The smallest absolute Gasteiger partial charge is 0.340 e. The minimum absolute atomic E-state index is 0.0273. The normalized spacial score (nSPS) is 11.6. The second kappa shape index (κ2) is 7.13. The van der Waals surface area contributed by atoms with Crippen molar-refractivity contribution >= 4 is 33.5 Å². The van der Waals surface area contributed by atoms with E-state index in [9.17, 15) is 14.0 Å². The summed E-state index contributed by atoms with van der Waals surface area (Å²) in [7, 11) is 0. The summed E-state index contributed by atoms with van der Waals surface area (Å²) >= 11 is 3.19. The molecule has 7 heteroatoms. The zero-order valence-corrected chi connectivity index (χ0v) is 13.1. The zero-order chi connectivity index (χ0) is 16.1. The first-order chi connectivity index (χ1) is 10.5. The fraction of sp³-hybridized carbons (Fsp3) is 0.133. The van der Waals surface area contributed by atoms with E-state index in [1.807, 2.05) is 0 Å². The first kappa shape index (κ1) is 16.1. The first-order valence-corrected chi connectivity index (χ1v) is 7.13. The summed E-state index contributed by atoms with van der Waals surface area (Å²) in [6, 6.07) is 7.26. The van der Waals surface area contributed by atoms with Gasteiger partial charge in [-0.25, -0.2) is 9.18 Å². The van der Waals surface area contributed by atoms with Crippen LogP contribution in [0.1, 0.15) is 17.3 Å². The van der Waals surface area contributed by atoms with Crippen LogP contribution in [-0.4, -0.2) is 23.0 Å². The number of hydrogen-bond acceptors (Lipinski definition) is 4. The number of hydrogen-bond donors (Lipinski definition) is 1. The predicted octanol–water partition coefficient (Wildman–Crippen LogP) is 3.17. The molecule has 22 heavy (non-hydrogen) atoms. The lowest BCUT2D eigenvalue weighted by Gasteiger charge is -2.13. The van der Waals surface area contributed by atoms with Crippen LogP contribution in [0.2, 0.25) is 0 Å². The lowest BCUT2D eigenvalue weighted by atomic mass is 10.2. The molecule has 5 nitrogen and oxygen atoms in total. The second-order valence-corrected chi connectivity index (χ2v) is 5.32. The lowest BCUT2D eigenvalue weighted by molar-refractivity contribution is -0.123. The van der Waals surface area contributed by atoms with Gasteiger partial charge < -0.3 is 10.1 Å². The van der Waals surface area contributed by atoms with Crippen LogP contribution in [0.5, 0.6) is 0 Å². The minimum atomic E-state index is -1.08. The molecule has 0 saturated carbocycles. The Morgan fingerprint density at radius 3 is 2.73 bits per heavy atom. The molecule has 0 unspecified atom stereocenters. The maximum absolute atomic E-state index is 13.4. The standard InChI is InChI=1S/C15H12BrFN2O3/c1-9(14(20)19-13-5-3-2-4-12(13)17)22-15(21)10-6-11(16)8-18-7-10/h2-9H,1H3,(H,19,20)/t9-/m0/s1. The minimum Gasteiger partial charge on any atom is -0.449 e. The van der Waals surface area contributed by atoms with Gasteiger partial charge in [0.2, 0.25) is 0 Å². The Labute approximate surface area is 134 Å². The third-order valence-corrected chi connectivity index (χ3v) is 3.16. The molecule has 2 rings (SSSR count). The van der Waals surface area contributed by atoms with Gasteiger partial charge in [-0.3, -0.25) is 9.78 Å². The molecule has 0 saturated heterocycles. The summed E-state index contributed by atoms with van der Waals surface area (Å²) in [5, 5.41) is 2.36. The zero-order valence-electron chi connectivity index (χ0n) is 11.5. The Hall–Kier alpha value is -2.28. The summed E-state index contributed by atoms with van der Waals surface area (Å²) in [4.78, 5) is 27.7. The average Bonchev–Trinajstić information content (AvgIpc) is 2.49. The molecule has 0 aliphatic heterocycles. The number of para-hydroxylation sites is 1. The van der Waals surface area contributed by atoms with E-state index in [0.29, 0.717) is 4.47 Å². The molecular weight excluding hydrogens is 355 g/mol. The van der Waals surface area contributed by atoms with E-state index in [4.69, 9.17) is 4.74 Å². The summed E-state index contributed by atoms with van der Waals surface area (Å²) in [6.07, 6.45) is 1.77. The van der Waals surface area contributed by atoms with E-state index in [1.54, 1.807) is 6.07 Å². The number of ether oxygens (including phenoxy) is 1. The van der Waals surface area contributed by atoms with Crippen molar-refractivity contribution in [1.82, 2.24) is 4.98 Å².